The van der Waals surface area contributed by atoms with Gasteiger partial charge >= 0.3 is 0 Å². The summed E-state index contributed by atoms with van der Waals surface area (Å²) in [4.78, 5) is 4.50. The lowest BCUT2D eigenvalue weighted by molar-refractivity contribution is 0.601. The predicted octanol–water partition coefficient (Wildman–Crippen LogP) is 6.47. The van der Waals surface area contributed by atoms with Gasteiger partial charge in [-0.1, -0.05) is 53.0 Å². The summed E-state index contributed by atoms with van der Waals surface area (Å²) in [6.07, 6.45) is 1.59. The van der Waals surface area contributed by atoms with E-state index in [2.05, 4.69) is 9.71 Å². The fraction of sp³-hybridized carbons (Fsp3) is 0.136. The third kappa shape index (κ3) is 4.99. The lowest BCUT2D eigenvalue weighted by atomic mass is 10.1. The monoisotopic (exact) mass is 446 g/mol. The molecule has 0 saturated heterocycles. The van der Waals surface area contributed by atoms with E-state index in [4.69, 9.17) is 23.2 Å². The topological polar surface area (TPSA) is 58.5 Å². The molecule has 7 heteroatoms. The number of aliphatic imine (C=N–C) groups is 1. The number of hydrogen-bond donors (Lipinski definition) is 1. The van der Waals surface area contributed by atoms with Gasteiger partial charge in [0.15, 0.2) is 0 Å². The highest BCUT2D eigenvalue weighted by molar-refractivity contribution is 7.92. The fourth-order valence-corrected chi connectivity index (χ4v) is 4.57. The van der Waals surface area contributed by atoms with Crippen molar-refractivity contribution in [1.29, 1.82) is 0 Å². The Labute approximate surface area is 181 Å². The molecule has 0 heterocycles. The Morgan fingerprint density at radius 3 is 2.17 bits per heavy atom. The van der Waals surface area contributed by atoms with Crippen LogP contribution in [0.5, 0.6) is 0 Å². The van der Waals surface area contributed by atoms with Gasteiger partial charge in [-0.05, 0) is 62.2 Å². The van der Waals surface area contributed by atoms with E-state index >= 15 is 0 Å². The number of aryl methyl sites for hydroxylation is 3. The first-order chi connectivity index (χ1) is 13.7. The molecule has 0 aliphatic rings. The molecule has 0 spiro atoms. The van der Waals surface area contributed by atoms with E-state index in [1.807, 2.05) is 32.9 Å². The van der Waals surface area contributed by atoms with E-state index in [9.17, 15) is 8.42 Å². The second-order valence-corrected chi connectivity index (χ2v) is 9.24. The van der Waals surface area contributed by atoms with E-state index in [0.717, 1.165) is 16.7 Å². The summed E-state index contributed by atoms with van der Waals surface area (Å²) in [7, 11) is -3.71. The van der Waals surface area contributed by atoms with Crippen LogP contribution in [0.15, 0.2) is 64.5 Å². The van der Waals surface area contributed by atoms with E-state index in [1.54, 1.807) is 36.5 Å². The molecule has 1 N–H and O–H groups in total. The van der Waals surface area contributed by atoms with Crippen LogP contribution in [0.2, 0.25) is 10.0 Å². The molecule has 0 aliphatic heterocycles. The van der Waals surface area contributed by atoms with Crippen molar-refractivity contribution in [2.75, 3.05) is 4.72 Å². The maximum absolute atomic E-state index is 12.8. The van der Waals surface area contributed by atoms with Crippen LogP contribution >= 0.6 is 23.2 Å². The van der Waals surface area contributed by atoms with Crippen LogP contribution in [-0.2, 0) is 10.0 Å². The standard InChI is InChI=1S/C22H20Cl2N2O2S/c1-14-11-15(2)22(16(3)12-14)26-29(27,28)19-9-7-18(8-10-19)25-13-17-5-4-6-20(23)21(17)24/h4-13,26H,1-3H3. The van der Waals surface area contributed by atoms with Crippen molar-refractivity contribution >= 4 is 50.8 Å². The summed E-state index contributed by atoms with van der Waals surface area (Å²) >= 11 is 12.1. The van der Waals surface area contributed by atoms with Crippen LogP contribution < -0.4 is 4.72 Å². The summed E-state index contributed by atoms with van der Waals surface area (Å²) < 4.78 is 28.3. The number of rotatable bonds is 5. The van der Waals surface area contributed by atoms with Crippen molar-refractivity contribution in [3.05, 3.63) is 86.9 Å². The zero-order chi connectivity index (χ0) is 21.2. The minimum atomic E-state index is -3.71. The number of nitrogens with one attached hydrogen (secondary N) is 1. The van der Waals surface area contributed by atoms with E-state index in [1.165, 1.54) is 12.1 Å². The molecule has 0 aromatic heterocycles. The van der Waals surface area contributed by atoms with Gasteiger partial charge in [0.1, 0.15) is 0 Å². The molecule has 0 fully saturated rings. The Bertz CT molecular complexity index is 1160. The lowest BCUT2D eigenvalue weighted by Gasteiger charge is -2.14. The first-order valence-corrected chi connectivity index (χ1v) is 11.1. The number of sulfonamides is 1. The average Bonchev–Trinajstić information content (AvgIpc) is 2.66. The van der Waals surface area contributed by atoms with Crippen molar-refractivity contribution < 1.29 is 8.42 Å². The van der Waals surface area contributed by atoms with Crippen LogP contribution in [0.4, 0.5) is 11.4 Å². The molecule has 4 nitrogen and oxygen atoms in total. The van der Waals surface area contributed by atoms with Crippen LogP contribution in [-0.4, -0.2) is 14.6 Å². The van der Waals surface area contributed by atoms with Crippen molar-refractivity contribution in [3.8, 4) is 0 Å². The van der Waals surface area contributed by atoms with Gasteiger partial charge in [0.25, 0.3) is 10.0 Å². The van der Waals surface area contributed by atoms with Gasteiger partial charge in [-0.25, -0.2) is 8.42 Å². The van der Waals surface area contributed by atoms with Gasteiger partial charge in [-0.3, -0.25) is 9.71 Å². The van der Waals surface area contributed by atoms with Crippen LogP contribution in [0, 0.1) is 20.8 Å². The Kier molecular flexibility index (Phi) is 6.32. The summed E-state index contributed by atoms with van der Waals surface area (Å²) in [6.45, 7) is 5.75. The molecule has 0 unspecified atom stereocenters. The maximum Gasteiger partial charge on any atom is 0.261 e. The second kappa shape index (κ2) is 8.57. The first-order valence-electron chi connectivity index (χ1n) is 8.86. The number of hydrogen-bond acceptors (Lipinski definition) is 3. The van der Waals surface area contributed by atoms with Gasteiger partial charge in [0.05, 0.1) is 26.3 Å². The second-order valence-electron chi connectivity index (χ2n) is 6.77. The molecule has 3 aromatic carbocycles. The maximum atomic E-state index is 12.8. The Morgan fingerprint density at radius 1 is 0.931 bits per heavy atom. The average molecular weight is 447 g/mol. The Hall–Kier alpha value is -2.34. The normalized spacial score (nSPS) is 11.8. The quantitative estimate of drug-likeness (QED) is 0.456. The SMILES string of the molecule is Cc1cc(C)c(NS(=O)(=O)c2ccc(N=Cc3cccc(Cl)c3Cl)cc2)c(C)c1. The molecular formula is C22H20Cl2N2O2S. The van der Waals surface area contributed by atoms with Crippen LogP contribution in [0.25, 0.3) is 0 Å². The van der Waals surface area contributed by atoms with Crippen LogP contribution in [0.3, 0.4) is 0 Å². The molecule has 150 valence electrons. The molecule has 0 saturated carbocycles. The zero-order valence-corrected chi connectivity index (χ0v) is 18.5. The minimum absolute atomic E-state index is 0.164. The summed E-state index contributed by atoms with van der Waals surface area (Å²) in [5, 5.41) is 0.870. The molecule has 3 aromatic rings. The molecule has 0 bridgehead atoms. The van der Waals surface area contributed by atoms with Gasteiger partial charge in [-0.2, -0.15) is 0 Å². The first kappa shape index (κ1) is 21.4. The fourth-order valence-electron chi connectivity index (χ4n) is 3.01. The molecule has 0 aliphatic carbocycles. The minimum Gasteiger partial charge on any atom is -0.279 e. The van der Waals surface area contributed by atoms with Crippen LogP contribution in [0.1, 0.15) is 22.3 Å². The third-order valence-corrected chi connectivity index (χ3v) is 6.59. The molecule has 0 amide bonds. The highest BCUT2D eigenvalue weighted by atomic mass is 35.5. The summed E-state index contributed by atoms with van der Waals surface area (Å²) in [5.74, 6) is 0. The van der Waals surface area contributed by atoms with Gasteiger partial charge in [0, 0.05) is 11.8 Å². The van der Waals surface area contributed by atoms with E-state index in [-0.39, 0.29) is 4.90 Å². The Balaban J connectivity index is 1.82. The number of nitrogens with zero attached hydrogens (tertiary/aromatic N) is 1. The third-order valence-electron chi connectivity index (χ3n) is 4.39. The largest absolute Gasteiger partial charge is 0.279 e. The number of anilines is 1. The van der Waals surface area contributed by atoms with Crippen molar-refractivity contribution in [2.45, 2.75) is 25.7 Å². The van der Waals surface area contributed by atoms with E-state index in [0.29, 0.717) is 27.0 Å². The highest BCUT2D eigenvalue weighted by Gasteiger charge is 2.16. The Morgan fingerprint density at radius 2 is 1.55 bits per heavy atom. The van der Waals surface area contributed by atoms with Gasteiger partial charge < -0.3 is 0 Å². The predicted molar refractivity (Wildman–Crippen MR) is 122 cm³/mol. The summed E-state index contributed by atoms with van der Waals surface area (Å²) in [5.41, 5.74) is 4.74. The van der Waals surface area contributed by atoms with E-state index < -0.39 is 10.0 Å². The molecule has 0 atom stereocenters. The number of benzene rings is 3. The zero-order valence-electron chi connectivity index (χ0n) is 16.2. The highest BCUT2D eigenvalue weighted by Crippen LogP contribution is 2.27. The molecular weight excluding hydrogens is 427 g/mol. The molecule has 29 heavy (non-hydrogen) atoms. The van der Waals surface area contributed by atoms with Gasteiger partial charge in [0.2, 0.25) is 0 Å². The number of halogens is 2. The smallest absolute Gasteiger partial charge is 0.261 e. The van der Waals surface area contributed by atoms with Crippen molar-refractivity contribution in [1.82, 2.24) is 0 Å². The molecule has 3 rings (SSSR count). The lowest BCUT2D eigenvalue weighted by Crippen LogP contribution is -2.14. The summed E-state index contributed by atoms with van der Waals surface area (Å²) in [6, 6.07) is 15.5. The van der Waals surface area contributed by atoms with Crippen molar-refractivity contribution in [2.24, 2.45) is 4.99 Å². The molecule has 0 radical (unpaired) electrons. The van der Waals surface area contributed by atoms with Gasteiger partial charge in [-0.15, -0.1) is 0 Å². The van der Waals surface area contributed by atoms with Crippen molar-refractivity contribution in [3.63, 3.8) is 0 Å².